The van der Waals surface area contributed by atoms with Gasteiger partial charge in [-0.2, -0.15) is 0 Å². The summed E-state index contributed by atoms with van der Waals surface area (Å²) >= 11 is 0. The number of rotatable bonds is 2. The first-order chi connectivity index (χ1) is 7.28. The van der Waals surface area contributed by atoms with E-state index in [9.17, 15) is 4.79 Å². The van der Waals surface area contributed by atoms with Crippen molar-refractivity contribution < 1.29 is 14.3 Å². The van der Waals surface area contributed by atoms with Crippen molar-refractivity contribution in [2.75, 3.05) is 7.11 Å². The first-order valence-electron chi connectivity index (χ1n) is 4.53. The smallest absolute Gasteiger partial charge is 0.336 e. The van der Waals surface area contributed by atoms with Crippen LogP contribution < -0.4 is 4.74 Å². The van der Waals surface area contributed by atoms with Crippen molar-refractivity contribution in [3.05, 3.63) is 47.7 Å². The van der Waals surface area contributed by atoms with Crippen molar-refractivity contribution in [3.63, 3.8) is 0 Å². The van der Waals surface area contributed by atoms with Gasteiger partial charge in [0, 0.05) is 6.08 Å². The molecule has 0 aliphatic carbocycles. The Morgan fingerprint density at radius 3 is 2.87 bits per heavy atom. The lowest BCUT2D eigenvalue weighted by molar-refractivity contribution is -0.132. The van der Waals surface area contributed by atoms with Crippen molar-refractivity contribution in [2.45, 2.75) is 0 Å². The van der Waals surface area contributed by atoms with Crippen LogP contribution in [0.3, 0.4) is 0 Å². The van der Waals surface area contributed by atoms with E-state index in [1.54, 1.807) is 19.3 Å². The van der Waals surface area contributed by atoms with E-state index in [1.165, 1.54) is 6.08 Å². The average molecular weight is 202 g/mol. The van der Waals surface area contributed by atoms with E-state index in [-0.39, 0.29) is 5.97 Å². The highest BCUT2D eigenvalue weighted by Gasteiger charge is 2.08. The maximum atomic E-state index is 10.8. The fourth-order valence-electron chi connectivity index (χ4n) is 1.31. The molecule has 0 radical (unpaired) electrons. The van der Waals surface area contributed by atoms with Gasteiger partial charge in [0.1, 0.15) is 11.5 Å². The summed E-state index contributed by atoms with van der Waals surface area (Å²) < 4.78 is 9.99. The fraction of sp³-hybridized carbons (Fsp3) is 0.0833. The van der Waals surface area contributed by atoms with Crippen LogP contribution in [0.15, 0.2) is 42.2 Å². The van der Waals surface area contributed by atoms with Gasteiger partial charge in [0.05, 0.1) is 7.11 Å². The number of carbonyl (C=O) groups excluding carboxylic acids is 1. The third kappa shape index (κ3) is 2.26. The van der Waals surface area contributed by atoms with E-state index in [0.29, 0.717) is 5.76 Å². The lowest BCUT2D eigenvalue weighted by Crippen LogP contribution is -1.90. The second-order valence-electron chi connectivity index (χ2n) is 3.08. The molecule has 2 rings (SSSR count). The van der Waals surface area contributed by atoms with Crippen LogP contribution in [0, 0.1) is 0 Å². The number of methoxy groups -OCH3 is 1. The molecule has 15 heavy (non-hydrogen) atoms. The summed E-state index contributed by atoms with van der Waals surface area (Å²) in [4.78, 5) is 10.8. The van der Waals surface area contributed by atoms with Crippen LogP contribution >= 0.6 is 0 Å². The summed E-state index contributed by atoms with van der Waals surface area (Å²) in [6.07, 6.45) is 4.82. The zero-order chi connectivity index (χ0) is 10.7. The number of esters is 1. The molecule has 0 fully saturated rings. The van der Waals surface area contributed by atoms with Gasteiger partial charge < -0.3 is 9.47 Å². The standard InChI is InChI=1S/C12H10O3/c1-14-10-4-2-3-9(7-10)8-11-5-6-12(13)15-11/h2-8H,1H3/b11-8+. The van der Waals surface area contributed by atoms with Crippen LogP contribution in [0.4, 0.5) is 0 Å². The maximum Gasteiger partial charge on any atom is 0.336 e. The molecule has 3 nitrogen and oxygen atoms in total. The Morgan fingerprint density at radius 1 is 1.33 bits per heavy atom. The number of cyclic esters (lactones) is 1. The lowest BCUT2D eigenvalue weighted by Gasteiger charge is -2.01. The minimum atomic E-state index is -0.329. The molecule has 0 spiro atoms. The molecule has 3 heteroatoms. The third-order valence-electron chi connectivity index (χ3n) is 2.00. The van der Waals surface area contributed by atoms with Crippen LogP contribution in [-0.4, -0.2) is 13.1 Å². The molecular weight excluding hydrogens is 192 g/mol. The SMILES string of the molecule is COc1cccc(/C=C2\C=CC(=O)O2)c1. The Hall–Kier alpha value is -2.03. The quantitative estimate of drug-likeness (QED) is 0.689. The van der Waals surface area contributed by atoms with Gasteiger partial charge in [-0.3, -0.25) is 0 Å². The highest BCUT2D eigenvalue weighted by molar-refractivity contribution is 5.87. The van der Waals surface area contributed by atoms with Crippen molar-refractivity contribution in [1.29, 1.82) is 0 Å². The Labute approximate surface area is 87.6 Å². The van der Waals surface area contributed by atoms with Crippen LogP contribution in [0.25, 0.3) is 6.08 Å². The fourth-order valence-corrected chi connectivity index (χ4v) is 1.31. The summed E-state index contributed by atoms with van der Waals surface area (Å²) in [6.45, 7) is 0. The van der Waals surface area contributed by atoms with Crippen molar-refractivity contribution >= 4 is 12.0 Å². The Bertz CT molecular complexity index is 444. The van der Waals surface area contributed by atoms with E-state index in [1.807, 2.05) is 24.3 Å². The highest BCUT2D eigenvalue weighted by Crippen LogP contribution is 2.18. The van der Waals surface area contributed by atoms with Gasteiger partial charge in [-0.1, -0.05) is 12.1 Å². The Balaban J connectivity index is 2.24. The zero-order valence-corrected chi connectivity index (χ0v) is 8.27. The van der Waals surface area contributed by atoms with Crippen LogP contribution in [0.2, 0.25) is 0 Å². The molecule has 76 valence electrons. The van der Waals surface area contributed by atoms with Crippen LogP contribution in [0.5, 0.6) is 5.75 Å². The molecule has 0 atom stereocenters. The van der Waals surface area contributed by atoms with Gasteiger partial charge in [0.25, 0.3) is 0 Å². The molecule has 0 saturated carbocycles. The van der Waals surface area contributed by atoms with Gasteiger partial charge in [-0.15, -0.1) is 0 Å². The Kier molecular flexibility index (Phi) is 2.54. The number of ether oxygens (including phenoxy) is 2. The van der Waals surface area contributed by atoms with Crippen molar-refractivity contribution in [1.82, 2.24) is 0 Å². The summed E-state index contributed by atoms with van der Waals surface area (Å²) in [7, 11) is 1.61. The molecule has 1 aromatic carbocycles. The average Bonchev–Trinajstić information content (AvgIpc) is 2.64. The van der Waals surface area contributed by atoms with E-state index >= 15 is 0 Å². The maximum absolute atomic E-state index is 10.8. The molecule has 0 amide bonds. The monoisotopic (exact) mass is 202 g/mol. The third-order valence-corrected chi connectivity index (χ3v) is 2.00. The van der Waals surface area contributed by atoms with Crippen molar-refractivity contribution in [3.8, 4) is 5.75 Å². The molecule has 1 aromatic rings. The lowest BCUT2D eigenvalue weighted by atomic mass is 10.2. The van der Waals surface area contributed by atoms with E-state index in [4.69, 9.17) is 9.47 Å². The number of hydrogen-bond donors (Lipinski definition) is 0. The minimum Gasteiger partial charge on any atom is -0.497 e. The number of benzene rings is 1. The predicted molar refractivity (Wildman–Crippen MR) is 56.2 cm³/mol. The highest BCUT2D eigenvalue weighted by atomic mass is 16.5. The Morgan fingerprint density at radius 2 is 2.20 bits per heavy atom. The molecule has 1 aliphatic rings. The van der Waals surface area contributed by atoms with E-state index < -0.39 is 0 Å². The van der Waals surface area contributed by atoms with Gasteiger partial charge in [-0.05, 0) is 29.8 Å². The van der Waals surface area contributed by atoms with Gasteiger partial charge in [0.2, 0.25) is 0 Å². The normalized spacial score (nSPS) is 16.9. The van der Waals surface area contributed by atoms with Gasteiger partial charge in [-0.25, -0.2) is 4.79 Å². The summed E-state index contributed by atoms with van der Waals surface area (Å²) in [5, 5.41) is 0. The number of allylic oxidation sites excluding steroid dienone is 1. The zero-order valence-electron chi connectivity index (χ0n) is 8.27. The molecule has 0 N–H and O–H groups in total. The largest absolute Gasteiger partial charge is 0.497 e. The van der Waals surface area contributed by atoms with Gasteiger partial charge >= 0.3 is 5.97 Å². The molecule has 0 aromatic heterocycles. The number of carbonyl (C=O) groups is 1. The minimum absolute atomic E-state index is 0.329. The molecule has 0 saturated heterocycles. The van der Waals surface area contributed by atoms with Crippen molar-refractivity contribution in [2.24, 2.45) is 0 Å². The van der Waals surface area contributed by atoms with E-state index in [2.05, 4.69) is 0 Å². The molecule has 0 bridgehead atoms. The summed E-state index contributed by atoms with van der Waals surface area (Å²) in [5.41, 5.74) is 0.934. The topological polar surface area (TPSA) is 35.5 Å². The molecule has 1 aliphatic heterocycles. The molecule has 1 heterocycles. The van der Waals surface area contributed by atoms with Gasteiger partial charge in [0.15, 0.2) is 0 Å². The number of hydrogen-bond acceptors (Lipinski definition) is 3. The molecular formula is C12H10O3. The second-order valence-corrected chi connectivity index (χ2v) is 3.08. The summed E-state index contributed by atoms with van der Waals surface area (Å²) in [5.74, 6) is 0.995. The van der Waals surface area contributed by atoms with Crippen LogP contribution in [-0.2, 0) is 9.53 Å². The predicted octanol–water partition coefficient (Wildman–Crippen LogP) is 2.15. The summed E-state index contributed by atoms with van der Waals surface area (Å²) in [6, 6.07) is 7.52. The second kappa shape index (κ2) is 4.00. The molecule has 0 unspecified atom stereocenters. The first-order valence-corrected chi connectivity index (χ1v) is 4.53. The van der Waals surface area contributed by atoms with Crippen LogP contribution in [0.1, 0.15) is 5.56 Å². The first kappa shape index (κ1) is 9.52. The van der Waals surface area contributed by atoms with E-state index in [0.717, 1.165) is 11.3 Å².